The van der Waals surface area contributed by atoms with E-state index in [4.69, 9.17) is 0 Å². The van der Waals surface area contributed by atoms with Gasteiger partial charge in [-0.05, 0) is 32.8 Å². The fourth-order valence-corrected chi connectivity index (χ4v) is 3.96. The van der Waals surface area contributed by atoms with Crippen molar-refractivity contribution >= 4 is 10.9 Å². The van der Waals surface area contributed by atoms with Crippen LogP contribution in [0.1, 0.15) is 38.7 Å². The SMILES string of the molecule is C[C@H]1CCC[C@H](C)N1C[C@@H](O)Cn1cc(CO)c2ccccc21. The first-order valence-corrected chi connectivity index (χ1v) is 8.71. The van der Waals surface area contributed by atoms with Crippen LogP contribution in [0.2, 0.25) is 0 Å². The predicted octanol–water partition coefficient (Wildman–Crippen LogP) is 2.76. The molecule has 1 fully saturated rings. The molecule has 0 saturated carbocycles. The molecule has 1 saturated heterocycles. The zero-order valence-corrected chi connectivity index (χ0v) is 14.2. The van der Waals surface area contributed by atoms with E-state index in [1.54, 1.807) is 0 Å². The third-order valence-corrected chi connectivity index (χ3v) is 5.25. The van der Waals surface area contributed by atoms with E-state index in [2.05, 4.69) is 23.3 Å². The molecule has 0 aliphatic carbocycles. The van der Waals surface area contributed by atoms with Crippen LogP contribution in [0.3, 0.4) is 0 Å². The summed E-state index contributed by atoms with van der Waals surface area (Å²) in [6.07, 6.45) is 5.30. The number of aliphatic hydroxyl groups excluding tert-OH is 2. The van der Waals surface area contributed by atoms with Gasteiger partial charge in [-0.15, -0.1) is 0 Å². The maximum atomic E-state index is 10.6. The molecule has 3 atom stereocenters. The quantitative estimate of drug-likeness (QED) is 0.892. The molecule has 1 aromatic carbocycles. The Kier molecular flexibility index (Phi) is 5.05. The second-order valence-electron chi connectivity index (χ2n) is 6.96. The van der Waals surface area contributed by atoms with Crippen LogP contribution >= 0.6 is 0 Å². The highest BCUT2D eigenvalue weighted by Crippen LogP contribution is 2.24. The Morgan fingerprint density at radius 3 is 2.52 bits per heavy atom. The highest BCUT2D eigenvalue weighted by molar-refractivity contribution is 5.83. The van der Waals surface area contributed by atoms with Crippen molar-refractivity contribution in [1.29, 1.82) is 0 Å². The summed E-state index contributed by atoms with van der Waals surface area (Å²) in [5, 5.41) is 21.2. The Balaban J connectivity index is 1.74. The fraction of sp³-hybridized carbons (Fsp3) is 0.579. The molecule has 4 nitrogen and oxygen atoms in total. The van der Waals surface area contributed by atoms with Crippen LogP contribution in [0, 0.1) is 0 Å². The van der Waals surface area contributed by atoms with Gasteiger partial charge >= 0.3 is 0 Å². The van der Waals surface area contributed by atoms with Gasteiger partial charge in [0.25, 0.3) is 0 Å². The molecule has 2 heterocycles. The first kappa shape index (κ1) is 16.5. The highest BCUT2D eigenvalue weighted by Gasteiger charge is 2.26. The van der Waals surface area contributed by atoms with Crippen LogP contribution in [-0.4, -0.2) is 44.4 Å². The van der Waals surface area contributed by atoms with Crippen molar-refractivity contribution in [2.45, 2.75) is 64.4 Å². The van der Waals surface area contributed by atoms with Gasteiger partial charge in [0.15, 0.2) is 0 Å². The number of fused-ring (bicyclic) bond motifs is 1. The number of benzene rings is 1. The van der Waals surface area contributed by atoms with E-state index in [0.717, 1.165) is 16.5 Å². The zero-order chi connectivity index (χ0) is 16.4. The lowest BCUT2D eigenvalue weighted by Crippen LogP contribution is -2.47. The predicted molar refractivity (Wildman–Crippen MR) is 93.3 cm³/mol. The van der Waals surface area contributed by atoms with Crippen molar-refractivity contribution in [3.8, 4) is 0 Å². The highest BCUT2D eigenvalue weighted by atomic mass is 16.3. The van der Waals surface area contributed by atoms with E-state index >= 15 is 0 Å². The summed E-state index contributed by atoms with van der Waals surface area (Å²) in [4.78, 5) is 2.44. The van der Waals surface area contributed by atoms with Gasteiger partial charge in [0.1, 0.15) is 0 Å². The molecule has 0 amide bonds. The lowest BCUT2D eigenvalue weighted by Gasteiger charge is -2.40. The molecule has 0 unspecified atom stereocenters. The van der Waals surface area contributed by atoms with Crippen LogP contribution in [-0.2, 0) is 13.2 Å². The summed E-state index contributed by atoms with van der Waals surface area (Å²) in [5.74, 6) is 0. The molecule has 2 aromatic rings. The summed E-state index contributed by atoms with van der Waals surface area (Å²) in [7, 11) is 0. The molecule has 1 aliphatic rings. The number of hydrogen-bond acceptors (Lipinski definition) is 3. The van der Waals surface area contributed by atoms with Crippen LogP contribution in [0.5, 0.6) is 0 Å². The van der Waals surface area contributed by atoms with Crippen molar-refractivity contribution in [1.82, 2.24) is 9.47 Å². The van der Waals surface area contributed by atoms with Gasteiger partial charge in [0.2, 0.25) is 0 Å². The summed E-state index contributed by atoms with van der Waals surface area (Å²) >= 11 is 0. The third-order valence-electron chi connectivity index (χ3n) is 5.25. The van der Waals surface area contributed by atoms with Crippen molar-refractivity contribution < 1.29 is 10.2 Å². The van der Waals surface area contributed by atoms with Crippen molar-refractivity contribution in [2.24, 2.45) is 0 Å². The molecule has 4 heteroatoms. The summed E-state index contributed by atoms with van der Waals surface area (Å²) in [6, 6.07) is 9.15. The molecule has 1 aliphatic heterocycles. The van der Waals surface area contributed by atoms with Gasteiger partial charge in [0, 0.05) is 47.8 Å². The summed E-state index contributed by atoms with van der Waals surface area (Å²) in [5.41, 5.74) is 2.00. The molecule has 0 radical (unpaired) electrons. The molecule has 126 valence electrons. The minimum atomic E-state index is -0.402. The van der Waals surface area contributed by atoms with Gasteiger partial charge in [0.05, 0.1) is 12.7 Å². The van der Waals surface area contributed by atoms with E-state index in [-0.39, 0.29) is 6.61 Å². The topological polar surface area (TPSA) is 48.6 Å². The molecule has 23 heavy (non-hydrogen) atoms. The average Bonchev–Trinajstić information content (AvgIpc) is 2.89. The second-order valence-corrected chi connectivity index (χ2v) is 6.96. The van der Waals surface area contributed by atoms with Crippen LogP contribution in [0.4, 0.5) is 0 Å². The Labute approximate surface area is 138 Å². The maximum Gasteiger partial charge on any atom is 0.0845 e. The number of para-hydroxylation sites is 1. The van der Waals surface area contributed by atoms with E-state index < -0.39 is 6.10 Å². The van der Waals surface area contributed by atoms with Gasteiger partial charge in [-0.1, -0.05) is 24.6 Å². The summed E-state index contributed by atoms with van der Waals surface area (Å²) < 4.78 is 2.07. The molecular formula is C19H28N2O2. The molecule has 3 rings (SSSR count). The monoisotopic (exact) mass is 316 g/mol. The Hall–Kier alpha value is -1.36. The van der Waals surface area contributed by atoms with Gasteiger partial charge in [-0.25, -0.2) is 0 Å². The third kappa shape index (κ3) is 3.44. The fourth-order valence-electron chi connectivity index (χ4n) is 3.96. The standard InChI is InChI=1S/C19H28N2O2/c1-14-6-5-7-15(2)21(14)12-17(23)11-20-10-16(13-22)18-8-3-4-9-19(18)20/h3-4,8-10,14-15,17,22-23H,5-7,11-13H2,1-2H3/t14-,15-,17-/m0/s1. The number of aromatic nitrogens is 1. The van der Waals surface area contributed by atoms with Gasteiger partial charge in [-0.3, -0.25) is 4.90 Å². The van der Waals surface area contributed by atoms with Crippen molar-refractivity contribution in [2.75, 3.05) is 6.54 Å². The molecule has 0 spiro atoms. The van der Waals surface area contributed by atoms with Gasteiger partial charge in [-0.2, -0.15) is 0 Å². The largest absolute Gasteiger partial charge is 0.392 e. The lowest BCUT2D eigenvalue weighted by atomic mass is 9.97. The minimum absolute atomic E-state index is 0.0315. The summed E-state index contributed by atoms with van der Waals surface area (Å²) in [6.45, 7) is 5.83. The minimum Gasteiger partial charge on any atom is -0.392 e. The number of nitrogens with zero attached hydrogens (tertiary/aromatic N) is 2. The molecule has 2 N–H and O–H groups in total. The smallest absolute Gasteiger partial charge is 0.0845 e. The first-order chi connectivity index (χ1) is 11.1. The Bertz CT molecular complexity index is 642. The number of aliphatic hydroxyl groups is 2. The van der Waals surface area contributed by atoms with Crippen molar-refractivity contribution in [3.63, 3.8) is 0 Å². The van der Waals surface area contributed by atoms with Crippen molar-refractivity contribution in [3.05, 3.63) is 36.0 Å². The number of likely N-dealkylation sites (tertiary alicyclic amines) is 1. The number of β-amino-alcohol motifs (C(OH)–C–C–N with tert-alkyl or cyclic N) is 1. The molecule has 1 aromatic heterocycles. The Morgan fingerprint density at radius 2 is 1.83 bits per heavy atom. The van der Waals surface area contributed by atoms with Crippen LogP contribution in [0.15, 0.2) is 30.5 Å². The number of piperidine rings is 1. The number of rotatable bonds is 5. The van der Waals surface area contributed by atoms with Gasteiger partial charge < -0.3 is 14.8 Å². The Morgan fingerprint density at radius 1 is 1.13 bits per heavy atom. The van der Waals surface area contributed by atoms with E-state index in [0.29, 0.717) is 25.2 Å². The van der Waals surface area contributed by atoms with Crippen LogP contribution in [0.25, 0.3) is 10.9 Å². The maximum absolute atomic E-state index is 10.6. The molecular weight excluding hydrogens is 288 g/mol. The van der Waals surface area contributed by atoms with Crippen LogP contribution < -0.4 is 0 Å². The van der Waals surface area contributed by atoms with E-state index in [9.17, 15) is 10.2 Å². The van der Waals surface area contributed by atoms with E-state index in [1.165, 1.54) is 19.3 Å². The molecule has 0 bridgehead atoms. The zero-order valence-electron chi connectivity index (χ0n) is 14.2. The lowest BCUT2D eigenvalue weighted by molar-refractivity contribution is 0.0352. The average molecular weight is 316 g/mol. The van der Waals surface area contributed by atoms with E-state index in [1.807, 2.05) is 30.5 Å². The number of hydrogen-bond donors (Lipinski definition) is 2. The second kappa shape index (κ2) is 7.04. The first-order valence-electron chi connectivity index (χ1n) is 8.71. The normalized spacial score (nSPS) is 24.2.